The lowest BCUT2D eigenvalue weighted by molar-refractivity contribution is 0.0957. The van der Waals surface area contributed by atoms with E-state index in [1.165, 1.54) is 35.3 Å². The summed E-state index contributed by atoms with van der Waals surface area (Å²) in [6.45, 7) is 1.17. The topological polar surface area (TPSA) is 79.5 Å². The summed E-state index contributed by atoms with van der Waals surface area (Å²) in [7, 11) is 0. The van der Waals surface area contributed by atoms with Crippen LogP contribution in [0.3, 0.4) is 0 Å². The van der Waals surface area contributed by atoms with Crippen LogP contribution in [0.4, 0.5) is 5.69 Å². The van der Waals surface area contributed by atoms with Gasteiger partial charge in [0, 0.05) is 18.8 Å². The fraction of sp³-hybridized carbons (Fsp3) is 0.333. The van der Waals surface area contributed by atoms with E-state index in [9.17, 15) is 4.79 Å². The minimum atomic E-state index is -0.0294. The maximum atomic E-state index is 11.8. The Balaban J connectivity index is 0.00000225. The average Bonchev–Trinajstić information content (AvgIpc) is 3.25. The summed E-state index contributed by atoms with van der Waals surface area (Å²) < 4.78 is 0. The zero-order chi connectivity index (χ0) is 16.8. The standard InChI is InChI=1S/C18H22N4OS.HI/c19-18(22-15-8-7-13-4-1-5-14(13)12-15)21-10-3-9-20-17(23)16-6-2-11-24-16;/h2,6-8,11-12H,1,3-5,9-10H2,(H,20,23)(H3,19,21,22);1H. The maximum absolute atomic E-state index is 11.8. The molecule has 4 N–H and O–H groups in total. The molecule has 1 aromatic carbocycles. The highest BCUT2D eigenvalue weighted by molar-refractivity contribution is 14.0. The first kappa shape index (κ1) is 19.7. The molecule has 0 spiro atoms. The van der Waals surface area contributed by atoms with E-state index in [0.29, 0.717) is 19.0 Å². The third kappa shape index (κ3) is 5.71. The highest BCUT2D eigenvalue weighted by Crippen LogP contribution is 2.24. The second kappa shape index (κ2) is 9.76. The maximum Gasteiger partial charge on any atom is 0.261 e. The van der Waals surface area contributed by atoms with Gasteiger partial charge in [-0.25, -0.2) is 0 Å². The molecule has 0 saturated heterocycles. The van der Waals surface area contributed by atoms with E-state index in [1.807, 2.05) is 23.6 Å². The number of nitrogens with zero attached hydrogens (tertiary/aromatic N) is 1. The molecule has 2 aromatic rings. The number of aryl methyl sites for hydroxylation is 2. The number of hydrogen-bond acceptors (Lipinski definition) is 3. The Bertz CT molecular complexity index is 731. The van der Waals surface area contributed by atoms with Crippen LogP contribution < -0.4 is 16.4 Å². The number of nitrogens with two attached hydrogens (primary N) is 1. The Kier molecular flexibility index (Phi) is 7.70. The number of benzene rings is 1. The largest absolute Gasteiger partial charge is 0.370 e. The number of thiophene rings is 1. The molecule has 0 aliphatic heterocycles. The van der Waals surface area contributed by atoms with Gasteiger partial charge in [0.05, 0.1) is 4.88 Å². The molecule has 0 saturated carbocycles. The lowest BCUT2D eigenvalue weighted by atomic mass is 10.1. The van der Waals surface area contributed by atoms with Crippen LogP contribution >= 0.6 is 35.3 Å². The van der Waals surface area contributed by atoms with Crippen molar-refractivity contribution in [3.63, 3.8) is 0 Å². The minimum Gasteiger partial charge on any atom is -0.370 e. The molecule has 1 aliphatic rings. The van der Waals surface area contributed by atoms with Gasteiger partial charge in [-0.1, -0.05) is 12.1 Å². The second-order valence-corrected chi connectivity index (χ2v) is 6.76. The number of aliphatic imine (C=N–C) groups is 1. The molecular weight excluding hydrogens is 447 g/mol. The van der Waals surface area contributed by atoms with Crippen LogP contribution in [0.2, 0.25) is 0 Å². The van der Waals surface area contributed by atoms with Crippen LogP contribution in [-0.4, -0.2) is 25.0 Å². The Morgan fingerprint density at radius 1 is 1.24 bits per heavy atom. The molecule has 0 atom stereocenters. The van der Waals surface area contributed by atoms with Gasteiger partial charge in [-0.2, -0.15) is 0 Å². The van der Waals surface area contributed by atoms with E-state index in [-0.39, 0.29) is 29.9 Å². The Morgan fingerprint density at radius 2 is 2.08 bits per heavy atom. The number of amides is 1. The number of fused-ring (bicyclic) bond motifs is 1. The van der Waals surface area contributed by atoms with Crippen LogP contribution in [0.5, 0.6) is 0 Å². The molecule has 5 nitrogen and oxygen atoms in total. The smallest absolute Gasteiger partial charge is 0.261 e. The van der Waals surface area contributed by atoms with Crippen molar-refractivity contribution in [2.75, 3.05) is 18.4 Å². The zero-order valence-corrected chi connectivity index (χ0v) is 17.1. The molecule has 1 heterocycles. The van der Waals surface area contributed by atoms with Crippen LogP contribution in [0, 0.1) is 0 Å². The fourth-order valence-corrected chi connectivity index (χ4v) is 3.45. The van der Waals surface area contributed by atoms with Gasteiger partial charge in [-0.15, -0.1) is 35.3 Å². The van der Waals surface area contributed by atoms with Gasteiger partial charge in [-0.3, -0.25) is 9.79 Å². The summed E-state index contributed by atoms with van der Waals surface area (Å²) in [5, 5.41) is 7.91. The third-order valence-electron chi connectivity index (χ3n) is 4.02. The van der Waals surface area contributed by atoms with Crippen molar-refractivity contribution in [3.8, 4) is 0 Å². The van der Waals surface area contributed by atoms with Crippen LogP contribution in [0.15, 0.2) is 40.7 Å². The predicted molar refractivity (Wildman–Crippen MR) is 115 cm³/mol. The Hall–Kier alpha value is -1.61. The van der Waals surface area contributed by atoms with E-state index in [2.05, 4.69) is 27.8 Å². The number of rotatable bonds is 6. The molecule has 25 heavy (non-hydrogen) atoms. The van der Waals surface area contributed by atoms with E-state index >= 15 is 0 Å². The zero-order valence-electron chi connectivity index (χ0n) is 14.0. The Labute approximate surface area is 169 Å². The molecule has 3 rings (SSSR count). The number of hydrogen-bond donors (Lipinski definition) is 3. The first-order valence-electron chi connectivity index (χ1n) is 8.23. The van der Waals surface area contributed by atoms with Gasteiger partial charge in [-0.05, 0) is 60.4 Å². The molecule has 0 unspecified atom stereocenters. The molecule has 134 valence electrons. The van der Waals surface area contributed by atoms with Gasteiger partial charge in [0.25, 0.3) is 5.91 Å². The monoisotopic (exact) mass is 470 g/mol. The molecule has 7 heteroatoms. The summed E-state index contributed by atoms with van der Waals surface area (Å²) in [4.78, 5) is 16.8. The molecule has 0 bridgehead atoms. The van der Waals surface area contributed by atoms with Gasteiger partial charge in [0.2, 0.25) is 0 Å². The molecule has 0 fully saturated rings. The second-order valence-electron chi connectivity index (χ2n) is 5.82. The van der Waals surface area contributed by atoms with E-state index in [1.54, 1.807) is 0 Å². The first-order valence-corrected chi connectivity index (χ1v) is 9.11. The fourth-order valence-electron chi connectivity index (χ4n) is 2.81. The SMILES string of the molecule is I.NC(=NCCCNC(=O)c1cccs1)Nc1ccc2c(c1)CCC2. The highest BCUT2D eigenvalue weighted by atomic mass is 127. The van der Waals surface area contributed by atoms with Gasteiger partial charge in [0.15, 0.2) is 5.96 Å². The van der Waals surface area contributed by atoms with Crippen molar-refractivity contribution in [1.29, 1.82) is 0 Å². The van der Waals surface area contributed by atoms with Crippen LogP contribution in [-0.2, 0) is 12.8 Å². The van der Waals surface area contributed by atoms with Gasteiger partial charge < -0.3 is 16.4 Å². The van der Waals surface area contributed by atoms with E-state index in [0.717, 1.165) is 23.4 Å². The lowest BCUT2D eigenvalue weighted by Gasteiger charge is -2.08. The summed E-state index contributed by atoms with van der Waals surface area (Å²) in [5.74, 6) is 0.385. The van der Waals surface area contributed by atoms with E-state index in [4.69, 9.17) is 5.73 Å². The first-order chi connectivity index (χ1) is 11.7. The molecule has 1 aromatic heterocycles. The normalized spacial score (nSPS) is 13.0. The van der Waals surface area contributed by atoms with Crippen molar-refractivity contribution in [2.24, 2.45) is 10.7 Å². The number of nitrogens with one attached hydrogen (secondary N) is 2. The molecule has 0 radical (unpaired) electrons. The molecular formula is C18H23IN4OS. The minimum absolute atomic E-state index is 0. The summed E-state index contributed by atoms with van der Waals surface area (Å²) in [5.41, 5.74) is 9.76. The average molecular weight is 470 g/mol. The number of halogens is 1. The summed E-state index contributed by atoms with van der Waals surface area (Å²) >= 11 is 1.44. The third-order valence-corrected chi connectivity index (χ3v) is 4.89. The highest BCUT2D eigenvalue weighted by Gasteiger charge is 2.10. The quantitative estimate of drug-likeness (QED) is 0.262. The number of anilines is 1. The van der Waals surface area contributed by atoms with Crippen molar-refractivity contribution >= 4 is 52.9 Å². The predicted octanol–water partition coefficient (Wildman–Crippen LogP) is 3.40. The number of carbonyl (C=O) groups is 1. The molecule has 1 aliphatic carbocycles. The van der Waals surface area contributed by atoms with Crippen molar-refractivity contribution < 1.29 is 4.79 Å². The number of carbonyl (C=O) groups excluding carboxylic acids is 1. The van der Waals surface area contributed by atoms with Gasteiger partial charge in [0.1, 0.15) is 0 Å². The van der Waals surface area contributed by atoms with Crippen molar-refractivity contribution in [2.45, 2.75) is 25.7 Å². The van der Waals surface area contributed by atoms with Crippen LogP contribution in [0.1, 0.15) is 33.6 Å². The van der Waals surface area contributed by atoms with E-state index < -0.39 is 0 Å². The van der Waals surface area contributed by atoms with Gasteiger partial charge >= 0.3 is 0 Å². The summed E-state index contributed by atoms with van der Waals surface area (Å²) in [6, 6.07) is 10.1. The lowest BCUT2D eigenvalue weighted by Crippen LogP contribution is -2.25. The Morgan fingerprint density at radius 3 is 2.88 bits per heavy atom. The molecule has 1 amide bonds. The number of guanidine groups is 1. The van der Waals surface area contributed by atoms with Crippen molar-refractivity contribution in [1.82, 2.24) is 5.32 Å². The van der Waals surface area contributed by atoms with Crippen molar-refractivity contribution in [3.05, 3.63) is 51.7 Å². The summed E-state index contributed by atoms with van der Waals surface area (Å²) in [6.07, 6.45) is 4.31. The van der Waals surface area contributed by atoms with Crippen LogP contribution in [0.25, 0.3) is 0 Å².